The fraction of sp³-hybridized carbons (Fsp3) is 0.235. The second kappa shape index (κ2) is 5.25. The molecule has 1 aliphatic rings. The summed E-state index contributed by atoms with van der Waals surface area (Å²) in [6.45, 7) is 0. The molecule has 2 nitrogen and oxygen atoms in total. The highest BCUT2D eigenvalue weighted by Crippen LogP contribution is 2.48. The smallest absolute Gasteiger partial charge is 0.124 e. The number of hydrogen-bond acceptors (Lipinski definition) is 2. The molecule has 1 N–H and O–H groups in total. The van der Waals surface area contributed by atoms with E-state index in [4.69, 9.17) is 0 Å². The minimum atomic E-state index is -0.999. The summed E-state index contributed by atoms with van der Waals surface area (Å²) in [7, 11) is 0. The summed E-state index contributed by atoms with van der Waals surface area (Å²) in [6, 6.07) is 14.1. The number of aliphatic hydroxyl groups excluding tert-OH is 1. The molecule has 0 heterocycles. The van der Waals surface area contributed by atoms with E-state index in [0.717, 1.165) is 17.5 Å². The molecule has 0 amide bonds. The lowest BCUT2D eigenvalue weighted by Crippen LogP contribution is -2.30. The standard InChI is InChI=1S/C17H13BrFNO/c18-15-9-12(19)5-6-13(15)16(21)17(10-20)8-7-11-3-1-2-4-14(11)17/h1-6,9,16,21H,7-8H2. The number of halogens is 2. The first-order valence-corrected chi connectivity index (χ1v) is 7.50. The number of aryl methyl sites for hydroxylation is 1. The summed E-state index contributed by atoms with van der Waals surface area (Å²) in [6.07, 6.45) is 0.328. The normalized spacial score (nSPS) is 21.6. The molecule has 1 aliphatic carbocycles. The van der Waals surface area contributed by atoms with E-state index in [1.807, 2.05) is 24.3 Å². The Morgan fingerprint density at radius 1 is 1.29 bits per heavy atom. The number of nitriles is 1. The maximum Gasteiger partial charge on any atom is 0.124 e. The minimum Gasteiger partial charge on any atom is -0.386 e. The zero-order chi connectivity index (χ0) is 15.0. The number of fused-ring (bicyclic) bond motifs is 1. The molecule has 4 heteroatoms. The van der Waals surface area contributed by atoms with E-state index in [9.17, 15) is 14.8 Å². The molecule has 0 saturated carbocycles. The van der Waals surface area contributed by atoms with E-state index in [-0.39, 0.29) is 5.82 Å². The minimum absolute atomic E-state index is 0.379. The van der Waals surface area contributed by atoms with Crippen LogP contribution < -0.4 is 0 Å². The third kappa shape index (κ3) is 2.17. The highest BCUT2D eigenvalue weighted by atomic mass is 79.9. The van der Waals surface area contributed by atoms with E-state index < -0.39 is 11.5 Å². The van der Waals surface area contributed by atoms with E-state index in [1.54, 1.807) is 0 Å². The molecule has 2 aromatic carbocycles. The van der Waals surface area contributed by atoms with Gasteiger partial charge in [-0.2, -0.15) is 5.26 Å². The van der Waals surface area contributed by atoms with Gasteiger partial charge in [0.1, 0.15) is 17.3 Å². The topological polar surface area (TPSA) is 44.0 Å². The lowest BCUT2D eigenvalue weighted by Gasteiger charge is -2.29. The van der Waals surface area contributed by atoms with Crippen LogP contribution in [0.25, 0.3) is 0 Å². The third-order valence-electron chi connectivity index (χ3n) is 4.21. The first-order chi connectivity index (χ1) is 10.1. The van der Waals surface area contributed by atoms with Crippen molar-refractivity contribution in [3.8, 4) is 6.07 Å². The fourth-order valence-corrected chi connectivity index (χ4v) is 3.66. The highest BCUT2D eigenvalue weighted by Gasteiger charge is 2.46. The van der Waals surface area contributed by atoms with Crippen LogP contribution in [0.2, 0.25) is 0 Å². The maximum absolute atomic E-state index is 13.2. The Bertz CT molecular complexity index is 740. The largest absolute Gasteiger partial charge is 0.386 e. The predicted octanol–water partition coefficient (Wildman–Crippen LogP) is 4.03. The molecule has 0 saturated heterocycles. The summed E-state index contributed by atoms with van der Waals surface area (Å²) < 4.78 is 13.7. The van der Waals surface area contributed by atoms with Crippen molar-refractivity contribution in [3.63, 3.8) is 0 Å². The Morgan fingerprint density at radius 2 is 2.05 bits per heavy atom. The third-order valence-corrected chi connectivity index (χ3v) is 4.90. The van der Waals surface area contributed by atoms with Crippen LogP contribution in [0.4, 0.5) is 4.39 Å². The van der Waals surface area contributed by atoms with Crippen LogP contribution in [0.1, 0.15) is 29.2 Å². The summed E-state index contributed by atoms with van der Waals surface area (Å²) in [5.74, 6) is -0.379. The van der Waals surface area contributed by atoms with Gasteiger partial charge in [-0.3, -0.25) is 0 Å². The quantitative estimate of drug-likeness (QED) is 0.892. The van der Waals surface area contributed by atoms with E-state index in [0.29, 0.717) is 16.5 Å². The van der Waals surface area contributed by atoms with Crippen molar-refractivity contribution in [1.82, 2.24) is 0 Å². The van der Waals surface area contributed by atoms with Crippen LogP contribution >= 0.6 is 15.9 Å². The average Bonchev–Trinajstić information content (AvgIpc) is 2.87. The Labute approximate surface area is 131 Å². The molecule has 2 atom stereocenters. The van der Waals surface area contributed by atoms with Gasteiger partial charge in [-0.1, -0.05) is 46.3 Å². The molecular formula is C17H13BrFNO. The maximum atomic E-state index is 13.2. The van der Waals surface area contributed by atoms with Crippen molar-refractivity contribution in [1.29, 1.82) is 5.26 Å². The summed E-state index contributed by atoms with van der Waals surface area (Å²) in [5, 5.41) is 20.6. The van der Waals surface area contributed by atoms with E-state index in [2.05, 4.69) is 22.0 Å². The lowest BCUT2D eigenvalue weighted by atomic mass is 9.75. The Hall–Kier alpha value is -1.70. The van der Waals surface area contributed by atoms with Gasteiger partial charge in [0.05, 0.1) is 6.07 Å². The van der Waals surface area contributed by atoms with Gasteiger partial charge in [0.2, 0.25) is 0 Å². The molecule has 0 radical (unpaired) electrons. The molecule has 0 aromatic heterocycles. The van der Waals surface area contributed by atoms with Gasteiger partial charge in [0.25, 0.3) is 0 Å². The van der Waals surface area contributed by atoms with Crippen LogP contribution in [-0.4, -0.2) is 5.11 Å². The number of benzene rings is 2. The van der Waals surface area contributed by atoms with Crippen LogP contribution in [0.5, 0.6) is 0 Å². The van der Waals surface area contributed by atoms with Crippen molar-refractivity contribution in [2.24, 2.45) is 0 Å². The first kappa shape index (κ1) is 14.2. The number of nitrogens with zero attached hydrogens (tertiary/aromatic N) is 1. The highest BCUT2D eigenvalue weighted by molar-refractivity contribution is 9.10. The van der Waals surface area contributed by atoms with E-state index in [1.165, 1.54) is 18.2 Å². The van der Waals surface area contributed by atoms with Crippen molar-refractivity contribution >= 4 is 15.9 Å². The van der Waals surface area contributed by atoms with Crippen molar-refractivity contribution in [2.75, 3.05) is 0 Å². The molecule has 2 aromatic rings. The summed E-state index contributed by atoms with van der Waals surface area (Å²) in [5.41, 5.74) is 1.53. The van der Waals surface area contributed by atoms with Crippen molar-refractivity contribution < 1.29 is 9.50 Å². The molecule has 3 rings (SSSR count). The zero-order valence-electron chi connectivity index (χ0n) is 11.2. The van der Waals surface area contributed by atoms with Gasteiger partial charge in [0, 0.05) is 4.47 Å². The molecule has 0 fully saturated rings. The van der Waals surface area contributed by atoms with Crippen LogP contribution in [0.3, 0.4) is 0 Å². The Kier molecular flexibility index (Phi) is 3.56. The summed E-state index contributed by atoms with van der Waals surface area (Å²) in [4.78, 5) is 0. The Morgan fingerprint density at radius 3 is 2.76 bits per heavy atom. The van der Waals surface area contributed by atoms with Crippen LogP contribution in [-0.2, 0) is 11.8 Å². The number of aliphatic hydroxyl groups is 1. The molecule has 106 valence electrons. The number of hydrogen-bond donors (Lipinski definition) is 1. The molecule has 2 unspecified atom stereocenters. The second-order valence-corrected chi connectivity index (χ2v) is 6.16. The van der Waals surface area contributed by atoms with Gasteiger partial charge in [-0.05, 0) is 41.7 Å². The van der Waals surface area contributed by atoms with Gasteiger partial charge < -0.3 is 5.11 Å². The fourth-order valence-electron chi connectivity index (χ4n) is 3.09. The van der Waals surface area contributed by atoms with Crippen molar-refractivity contribution in [3.05, 3.63) is 69.4 Å². The van der Waals surface area contributed by atoms with Crippen LogP contribution in [0.15, 0.2) is 46.9 Å². The zero-order valence-corrected chi connectivity index (χ0v) is 12.8. The summed E-state index contributed by atoms with van der Waals surface area (Å²) >= 11 is 3.28. The lowest BCUT2D eigenvalue weighted by molar-refractivity contribution is 0.110. The van der Waals surface area contributed by atoms with Gasteiger partial charge in [0.15, 0.2) is 0 Å². The Balaban J connectivity index is 2.11. The van der Waals surface area contributed by atoms with Gasteiger partial charge in [-0.25, -0.2) is 4.39 Å². The molecule has 0 bridgehead atoms. The monoisotopic (exact) mass is 345 g/mol. The predicted molar refractivity (Wildman–Crippen MR) is 81.1 cm³/mol. The first-order valence-electron chi connectivity index (χ1n) is 6.71. The average molecular weight is 346 g/mol. The molecule has 0 aliphatic heterocycles. The van der Waals surface area contributed by atoms with Crippen molar-refractivity contribution in [2.45, 2.75) is 24.4 Å². The van der Waals surface area contributed by atoms with Crippen LogP contribution in [0, 0.1) is 17.1 Å². The number of rotatable bonds is 2. The SMILES string of the molecule is N#CC1(C(O)c2ccc(F)cc2Br)CCc2ccccc21. The van der Waals surface area contributed by atoms with E-state index >= 15 is 0 Å². The molecular weight excluding hydrogens is 333 g/mol. The van der Waals surface area contributed by atoms with Gasteiger partial charge >= 0.3 is 0 Å². The second-order valence-electron chi connectivity index (χ2n) is 5.31. The van der Waals surface area contributed by atoms with Gasteiger partial charge in [-0.15, -0.1) is 0 Å². The molecule has 0 spiro atoms. The molecule has 21 heavy (non-hydrogen) atoms.